The number of anilines is 1. The number of hydrogen-bond donors (Lipinski definition) is 1. The van der Waals surface area contributed by atoms with Gasteiger partial charge in [0.05, 0.1) is 0 Å². The summed E-state index contributed by atoms with van der Waals surface area (Å²) in [5, 5.41) is 3.66. The largest absolute Gasteiger partial charge is 0.357 e. The van der Waals surface area contributed by atoms with Crippen LogP contribution in [0.1, 0.15) is 67.6 Å². The third-order valence-electron chi connectivity index (χ3n) is 5.51. The van der Waals surface area contributed by atoms with Crippen LogP contribution in [0.25, 0.3) is 0 Å². The molecule has 0 saturated heterocycles. The number of aromatic nitrogens is 2. The third kappa shape index (κ3) is 5.95. The number of thioether (sulfide) groups is 1. The van der Waals surface area contributed by atoms with Gasteiger partial charge in [-0.15, -0.1) is 0 Å². The van der Waals surface area contributed by atoms with Crippen LogP contribution in [0.2, 0.25) is 0 Å². The second-order valence-electron chi connectivity index (χ2n) is 7.60. The molecule has 29 heavy (non-hydrogen) atoms. The minimum atomic E-state index is -0.0268. The van der Waals surface area contributed by atoms with E-state index in [1.54, 1.807) is 11.8 Å². The molecule has 1 aliphatic rings. The number of hydrogen-bond acceptors (Lipinski definition) is 5. The highest BCUT2D eigenvalue weighted by atomic mass is 32.2. The molecule has 156 valence electrons. The molecule has 1 N–H and O–H groups in total. The van der Waals surface area contributed by atoms with Gasteiger partial charge in [-0.05, 0) is 43.9 Å². The molecule has 1 amide bonds. The average molecular weight is 413 g/mol. The molecule has 3 rings (SSSR count). The minimum absolute atomic E-state index is 0.0268. The molecule has 5 nitrogen and oxygen atoms in total. The second kappa shape index (κ2) is 10.6. The van der Waals surface area contributed by atoms with Gasteiger partial charge >= 0.3 is 0 Å². The van der Waals surface area contributed by atoms with Crippen LogP contribution in [-0.4, -0.2) is 35.5 Å². The van der Waals surface area contributed by atoms with Gasteiger partial charge in [-0.2, -0.15) is 0 Å². The minimum Gasteiger partial charge on any atom is -0.357 e. The molecule has 0 radical (unpaired) electrons. The lowest BCUT2D eigenvalue weighted by molar-refractivity contribution is 0.0956. The summed E-state index contributed by atoms with van der Waals surface area (Å²) in [6, 6.07) is 10.5. The summed E-state index contributed by atoms with van der Waals surface area (Å²) in [5.74, 6) is 1.80. The highest BCUT2D eigenvalue weighted by Gasteiger charge is 2.20. The van der Waals surface area contributed by atoms with E-state index in [0.717, 1.165) is 34.4 Å². The van der Waals surface area contributed by atoms with Crippen molar-refractivity contribution in [1.29, 1.82) is 0 Å². The third-order valence-corrected chi connectivity index (χ3v) is 6.43. The van der Waals surface area contributed by atoms with E-state index in [9.17, 15) is 4.79 Å². The summed E-state index contributed by atoms with van der Waals surface area (Å²) in [6.45, 7) is 4.70. The van der Waals surface area contributed by atoms with Gasteiger partial charge < -0.3 is 10.2 Å². The van der Waals surface area contributed by atoms with Crippen LogP contribution in [0.4, 0.5) is 5.82 Å². The predicted octanol–water partition coefficient (Wildman–Crippen LogP) is 4.85. The molecule has 0 bridgehead atoms. The van der Waals surface area contributed by atoms with E-state index in [1.807, 2.05) is 31.2 Å². The van der Waals surface area contributed by atoms with Gasteiger partial charge in [-0.3, -0.25) is 4.79 Å². The SMILES string of the molecule is CCNC(=O)c1ccc(CSc2nc(CC)cc(N(C)C3CCCCC3)n2)cc1. The van der Waals surface area contributed by atoms with E-state index < -0.39 is 0 Å². The maximum atomic E-state index is 11.9. The van der Waals surface area contributed by atoms with Gasteiger partial charge in [-0.25, -0.2) is 9.97 Å². The molecule has 1 aliphatic carbocycles. The molecule has 0 unspecified atom stereocenters. The number of amides is 1. The van der Waals surface area contributed by atoms with Crippen molar-refractivity contribution in [3.8, 4) is 0 Å². The summed E-state index contributed by atoms with van der Waals surface area (Å²) < 4.78 is 0. The van der Waals surface area contributed by atoms with Crippen LogP contribution in [-0.2, 0) is 12.2 Å². The Morgan fingerprint density at radius 3 is 2.52 bits per heavy atom. The van der Waals surface area contributed by atoms with E-state index in [-0.39, 0.29) is 5.91 Å². The Kier molecular flexibility index (Phi) is 7.92. The van der Waals surface area contributed by atoms with Crippen LogP contribution < -0.4 is 10.2 Å². The highest BCUT2D eigenvalue weighted by Crippen LogP contribution is 2.28. The number of aryl methyl sites for hydroxylation is 1. The van der Waals surface area contributed by atoms with Crippen LogP contribution in [0.5, 0.6) is 0 Å². The van der Waals surface area contributed by atoms with Crippen molar-refractivity contribution in [2.45, 2.75) is 69.3 Å². The molecule has 1 saturated carbocycles. The van der Waals surface area contributed by atoms with Gasteiger partial charge in [-0.1, -0.05) is 50.1 Å². The Labute approximate surface area is 178 Å². The van der Waals surface area contributed by atoms with Gasteiger partial charge in [0.15, 0.2) is 5.16 Å². The number of carbonyl (C=O) groups is 1. The molecule has 1 fully saturated rings. The van der Waals surface area contributed by atoms with Crippen LogP contribution in [0.3, 0.4) is 0 Å². The number of benzene rings is 1. The highest BCUT2D eigenvalue weighted by molar-refractivity contribution is 7.98. The predicted molar refractivity (Wildman–Crippen MR) is 121 cm³/mol. The average Bonchev–Trinajstić information content (AvgIpc) is 2.78. The van der Waals surface area contributed by atoms with Gasteiger partial charge in [0, 0.05) is 42.7 Å². The molecule has 1 heterocycles. The molecule has 0 aliphatic heterocycles. The van der Waals surface area contributed by atoms with Crippen LogP contribution in [0, 0.1) is 0 Å². The molecular weight excluding hydrogens is 380 g/mol. The van der Waals surface area contributed by atoms with E-state index >= 15 is 0 Å². The van der Waals surface area contributed by atoms with Crippen molar-refractivity contribution in [2.75, 3.05) is 18.5 Å². The normalized spacial score (nSPS) is 14.6. The molecule has 1 aromatic heterocycles. The Balaban J connectivity index is 1.67. The number of nitrogens with one attached hydrogen (secondary N) is 1. The monoisotopic (exact) mass is 412 g/mol. The van der Waals surface area contributed by atoms with Crippen molar-refractivity contribution in [1.82, 2.24) is 15.3 Å². The standard InChI is InChI=1S/C23H32N4OS/c1-4-19-15-21(27(3)20-9-7-6-8-10-20)26-23(25-19)29-16-17-11-13-18(14-12-17)22(28)24-5-2/h11-15,20H,4-10,16H2,1-3H3,(H,24,28). The lowest BCUT2D eigenvalue weighted by atomic mass is 9.94. The molecule has 2 aromatic rings. The van der Waals surface area contributed by atoms with Gasteiger partial charge in [0.25, 0.3) is 5.91 Å². The summed E-state index contributed by atoms with van der Waals surface area (Å²) in [6.07, 6.45) is 7.39. The molecule has 6 heteroatoms. The van der Waals surface area contributed by atoms with Crippen LogP contribution in [0.15, 0.2) is 35.5 Å². The lowest BCUT2D eigenvalue weighted by Crippen LogP contribution is -2.34. The fourth-order valence-electron chi connectivity index (χ4n) is 3.70. The molecule has 0 spiro atoms. The Bertz CT molecular complexity index is 803. The number of carbonyl (C=O) groups excluding carboxylic acids is 1. The second-order valence-corrected chi connectivity index (χ2v) is 8.54. The number of nitrogens with zero attached hydrogens (tertiary/aromatic N) is 3. The lowest BCUT2D eigenvalue weighted by Gasteiger charge is -2.32. The van der Waals surface area contributed by atoms with Crippen molar-refractivity contribution < 1.29 is 4.79 Å². The van der Waals surface area contributed by atoms with E-state index in [4.69, 9.17) is 9.97 Å². The van der Waals surface area contributed by atoms with Crippen molar-refractivity contribution in [2.24, 2.45) is 0 Å². The maximum absolute atomic E-state index is 11.9. The molecular formula is C23H32N4OS. The number of rotatable bonds is 8. The van der Waals surface area contributed by atoms with E-state index in [0.29, 0.717) is 18.2 Å². The van der Waals surface area contributed by atoms with Crippen molar-refractivity contribution in [3.05, 3.63) is 47.2 Å². The van der Waals surface area contributed by atoms with Crippen LogP contribution >= 0.6 is 11.8 Å². The Morgan fingerprint density at radius 2 is 1.86 bits per heavy atom. The quantitative estimate of drug-likeness (QED) is 0.496. The summed E-state index contributed by atoms with van der Waals surface area (Å²) in [5.41, 5.74) is 2.95. The first-order chi connectivity index (χ1) is 14.1. The van der Waals surface area contributed by atoms with Crippen molar-refractivity contribution in [3.63, 3.8) is 0 Å². The zero-order valence-electron chi connectivity index (χ0n) is 17.8. The van der Waals surface area contributed by atoms with Gasteiger partial charge in [0.1, 0.15) is 5.82 Å². The first-order valence-corrected chi connectivity index (χ1v) is 11.7. The summed E-state index contributed by atoms with van der Waals surface area (Å²) in [4.78, 5) is 23.8. The topological polar surface area (TPSA) is 58.1 Å². The zero-order valence-corrected chi connectivity index (χ0v) is 18.6. The van der Waals surface area contributed by atoms with E-state index in [2.05, 4.69) is 30.3 Å². The van der Waals surface area contributed by atoms with E-state index in [1.165, 1.54) is 32.1 Å². The smallest absolute Gasteiger partial charge is 0.251 e. The summed E-state index contributed by atoms with van der Waals surface area (Å²) >= 11 is 1.66. The van der Waals surface area contributed by atoms with Crippen molar-refractivity contribution >= 4 is 23.5 Å². The fourth-order valence-corrected chi connectivity index (χ4v) is 4.53. The maximum Gasteiger partial charge on any atom is 0.251 e. The fraction of sp³-hybridized carbons (Fsp3) is 0.522. The molecule has 1 aromatic carbocycles. The first-order valence-electron chi connectivity index (χ1n) is 10.7. The Hall–Kier alpha value is -2.08. The first kappa shape index (κ1) is 21.6. The Morgan fingerprint density at radius 1 is 1.14 bits per heavy atom. The summed E-state index contributed by atoms with van der Waals surface area (Å²) in [7, 11) is 2.17. The zero-order chi connectivity index (χ0) is 20.6. The molecule has 0 atom stereocenters. The van der Waals surface area contributed by atoms with Gasteiger partial charge in [0.2, 0.25) is 0 Å².